The molecule has 5 nitrogen and oxygen atoms in total. The van der Waals surface area contributed by atoms with E-state index in [0.717, 1.165) is 5.56 Å². The van der Waals surface area contributed by atoms with E-state index in [0.29, 0.717) is 35.4 Å². The molecule has 2 aliphatic rings. The van der Waals surface area contributed by atoms with Crippen molar-refractivity contribution < 1.29 is 13.9 Å². The predicted molar refractivity (Wildman–Crippen MR) is 109 cm³/mol. The minimum atomic E-state index is -0.843. The molecule has 2 aromatic rings. The molecule has 0 saturated carbocycles. The van der Waals surface area contributed by atoms with Crippen molar-refractivity contribution in [2.75, 3.05) is 13.2 Å². The number of rotatable bonds is 3. The maximum absolute atomic E-state index is 14.5. The lowest BCUT2D eigenvalue weighted by atomic mass is 9.86. The Morgan fingerprint density at radius 1 is 1.43 bits per heavy atom. The third-order valence-electron chi connectivity index (χ3n) is 5.00. The van der Waals surface area contributed by atoms with Crippen molar-refractivity contribution in [1.82, 2.24) is 5.01 Å². The lowest BCUT2D eigenvalue weighted by Gasteiger charge is -2.45. The van der Waals surface area contributed by atoms with Crippen molar-refractivity contribution in [3.8, 4) is 5.75 Å². The Morgan fingerprint density at radius 2 is 2.21 bits per heavy atom. The van der Waals surface area contributed by atoms with Crippen molar-refractivity contribution in [3.63, 3.8) is 0 Å². The zero-order valence-electron chi connectivity index (χ0n) is 15.2. The summed E-state index contributed by atoms with van der Waals surface area (Å²) in [5.74, 6) is -0.0853. The zero-order valence-corrected chi connectivity index (χ0v) is 16.8. The fraction of sp³-hybridized carbons (Fsp3) is 0.300. The molecule has 2 N–H and O–H groups in total. The van der Waals surface area contributed by atoms with Gasteiger partial charge in [-0.1, -0.05) is 41.6 Å². The molecule has 1 spiro atoms. The first-order chi connectivity index (χ1) is 13.5. The maximum atomic E-state index is 14.5. The normalized spacial score (nSPS) is 23.4. The lowest BCUT2D eigenvalue weighted by Crippen LogP contribution is -2.51. The predicted octanol–water partition coefficient (Wildman–Crippen LogP) is 3.95. The number of hydrogen-bond acceptors (Lipinski definition) is 5. The molecule has 28 heavy (non-hydrogen) atoms. The molecule has 0 saturated heterocycles. The van der Waals surface area contributed by atoms with Crippen LogP contribution in [0.25, 0.3) is 0 Å². The van der Waals surface area contributed by atoms with E-state index in [9.17, 15) is 9.18 Å². The molecule has 2 atom stereocenters. The Hall–Kier alpha value is -2.09. The summed E-state index contributed by atoms with van der Waals surface area (Å²) in [6, 6.07) is 11.9. The van der Waals surface area contributed by atoms with E-state index in [-0.39, 0.29) is 17.4 Å². The molecule has 8 heteroatoms. The number of thioether (sulfide) groups is 1. The molecule has 0 radical (unpaired) electrons. The van der Waals surface area contributed by atoms with Crippen LogP contribution < -0.4 is 10.5 Å². The van der Waals surface area contributed by atoms with Gasteiger partial charge >= 0.3 is 0 Å². The Labute approximate surface area is 171 Å². The van der Waals surface area contributed by atoms with Gasteiger partial charge < -0.3 is 10.5 Å². The molecule has 2 heterocycles. The molecular formula is C20H19ClFN3O2S. The average molecular weight is 420 g/mol. The number of carbonyl (C=O) groups excluding carboxylic acids is 1. The highest BCUT2D eigenvalue weighted by Crippen LogP contribution is 2.57. The highest BCUT2D eigenvalue weighted by atomic mass is 35.5. The topological polar surface area (TPSA) is 67.9 Å². The molecule has 0 unspecified atom stereocenters. The number of fused-ring (bicyclic) bond motifs is 2. The van der Waals surface area contributed by atoms with E-state index in [2.05, 4.69) is 5.10 Å². The molecule has 2 aromatic carbocycles. The minimum Gasteiger partial charge on any atom is -0.493 e. The van der Waals surface area contributed by atoms with Gasteiger partial charge in [0.15, 0.2) is 4.87 Å². The summed E-state index contributed by atoms with van der Waals surface area (Å²) in [5.41, 5.74) is 6.97. The monoisotopic (exact) mass is 419 g/mol. The summed E-state index contributed by atoms with van der Waals surface area (Å²) in [5, 5.41) is 6.80. The quantitative estimate of drug-likeness (QED) is 0.818. The summed E-state index contributed by atoms with van der Waals surface area (Å²) < 4.78 is 20.5. The van der Waals surface area contributed by atoms with Gasteiger partial charge in [-0.15, -0.1) is 0 Å². The second-order valence-corrected chi connectivity index (χ2v) is 8.39. The van der Waals surface area contributed by atoms with Gasteiger partial charge in [-0.2, -0.15) is 5.10 Å². The van der Waals surface area contributed by atoms with Crippen LogP contribution in [0.3, 0.4) is 0 Å². The first-order valence-corrected chi connectivity index (χ1v) is 10.1. The number of carbonyl (C=O) groups is 1. The van der Waals surface area contributed by atoms with Gasteiger partial charge in [-0.3, -0.25) is 4.79 Å². The number of para-hydroxylation sites is 1. The zero-order chi connectivity index (χ0) is 19.9. The standard InChI is InChI=1S/C20H19ClFN3O2S/c1-12(26)25-20(28-19(24-25)15-10-14(21)6-7-17(15)22)13(8-9-23)11-27-18-5-3-2-4-16(18)20/h2-7,10,13H,8-9,11,23H2,1H3/t13-,20-/m1/s1. The number of amides is 1. The van der Waals surface area contributed by atoms with Crippen LogP contribution in [0.1, 0.15) is 24.5 Å². The minimum absolute atomic E-state index is 0.107. The molecule has 0 aliphatic carbocycles. The highest BCUT2D eigenvalue weighted by Gasteiger charge is 2.56. The van der Waals surface area contributed by atoms with Gasteiger partial charge in [0.25, 0.3) is 0 Å². The number of benzene rings is 2. The number of hydrogen-bond donors (Lipinski definition) is 1. The van der Waals surface area contributed by atoms with Crippen LogP contribution in [-0.2, 0) is 9.67 Å². The van der Waals surface area contributed by atoms with Crippen molar-refractivity contribution in [2.45, 2.75) is 18.2 Å². The summed E-state index contributed by atoms with van der Waals surface area (Å²) in [6.45, 7) is 2.29. The average Bonchev–Trinajstić information content (AvgIpc) is 3.08. The first-order valence-electron chi connectivity index (χ1n) is 8.93. The van der Waals surface area contributed by atoms with E-state index in [1.54, 1.807) is 0 Å². The van der Waals surface area contributed by atoms with Gasteiger partial charge in [-0.25, -0.2) is 9.40 Å². The second-order valence-electron chi connectivity index (χ2n) is 6.74. The summed E-state index contributed by atoms with van der Waals surface area (Å²) in [4.78, 5) is 11.8. The Morgan fingerprint density at radius 3 is 2.96 bits per heavy atom. The first kappa shape index (κ1) is 19.2. The second kappa shape index (κ2) is 7.39. The molecule has 146 valence electrons. The number of ether oxygens (including phenoxy) is 1. The van der Waals surface area contributed by atoms with Gasteiger partial charge in [0.1, 0.15) is 16.6 Å². The summed E-state index contributed by atoms with van der Waals surface area (Å²) >= 11 is 7.44. The fourth-order valence-corrected chi connectivity index (χ4v) is 5.51. The van der Waals surface area contributed by atoms with Crippen molar-refractivity contribution in [2.24, 2.45) is 16.8 Å². The van der Waals surface area contributed by atoms with Crippen LogP contribution in [-0.4, -0.2) is 29.1 Å². The van der Waals surface area contributed by atoms with Crippen LogP contribution in [0, 0.1) is 11.7 Å². The van der Waals surface area contributed by atoms with Crippen LogP contribution in [0.4, 0.5) is 4.39 Å². The van der Waals surface area contributed by atoms with Crippen molar-refractivity contribution in [1.29, 1.82) is 0 Å². The summed E-state index contributed by atoms with van der Waals surface area (Å²) in [7, 11) is 0. The van der Waals surface area contributed by atoms with Crippen LogP contribution in [0.15, 0.2) is 47.6 Å². The van der Waals surface area contributed by atoms with Crippen LogP contribution >= 0.6 is 23.4 Å². The number of nitrogens with zero attached hydrogens (tertiary/aromatic N) is 2. The van der Waals surface area contributed by atoms with Crippen molar-refractivity contribution >= 4 is 34.3 Å². The van der Waals surface area contributed by atoms with E-state index in [1.165, 1.54) is 41.9 Å². The lowest BCUT2D eigenvalue weighted by molar-refractivity contribution is -0.134. The molecule has 1 amide bonds. The SMILES string of the molecule is CC(=O)N1N=C(c2cc(Cl)ccc2F)S[C@]12c1ccccc1OC[C@H]2CCN. The van der Waals surface area contributed by atoms with Crippen LogP contribution in [0.2, 0.25) is 5.02 Å². The van der Waals surface area contributed by atoms with Gasteiger partial charge in [0, 0.05) is 29.0 Å². The third-order valence-corrected chi connectivity index (χ3v) is 6.76. The summed E-state index contributed by atoms with van der Waals surface area (Å²) in [6.07, 6.45) is 0.631. The Bertz CT molecular complexity index is 970. The Balaban J connectivity index is 1.89. The van der Waals surface area contributed by atoms with Crippen LogP contribution in [0.5, 0.6) is 5.75 Å². The van der Waals surface area contributed by atoms with E-state index in [4.69, 9.17) is 22.1 Å². The molecule has 4 rings (SSSR count). The largest absolute Gasteiger partial charge is 0.493 e. The molecule has 2 aliphatic heterocycles. The molecule has 0 aromatic heterocycles. The highest BCUT2D eigenvalue weighted by molar-refractivity contribution is 8.15. The van der Waals surface area contributed by atoms with Crippen molar-refractivity contribution in [3.05, 3.63) is 64.4 Å². The van der Waals surface area contributed by atoms with E-state index < -0.39 is 10.7 Å². The molecular weight excluding hydrogens is 401 g/mol. The van der Waals surface area contributed by atoms with Gasteiger partial charge in [-0.05, 0) is 37.2 Å². The van der Waals surface area contributed by atoms with Gasteiger partial charge in [0.05, 0.1) is 6.61 Å². The fourth-order valence-electron chi connectivity index (χ4n) is 3.77. The maximum Gasteiger partial charge on any atom is 0.241 e. The third kappa shape index (κ3) is 2.98. The number of hydrazone groups is 1. The number of nitrogens with two attached hydrogens (primary N) is 1. The van der Waals surface area contributed by atoms with E-state index >= 15 is 0 Å². The van der Waals surface area contributed by atoms with Gasteiger partial charge in [0.2, 0.25) is 5.91 Å². The number of halogens is 2. The molecule has 0 fully saturated rings. The smallest absolute Gasteiger partial charge is 0.241 e. The van der Waals surface area contributed by atoms with E-state index in [1.807, 2.05) is 24.3 Å². The Kier molecular flexibility index (Phi) is 5.07. The molecule has 0 bridgehead atoms.